The highest BCUT2D eigenvalue weighted by Gasteiger charge is 2.45. The standard InChI is InChI=1S/C16H19Cl2NO2/c17-12-5-3-6-13(18)11(12)9-19-14-7-2-1-4-10(14)8-15(19)16(20)21/h3,5-6,10,14-15H,1-2,4,7-9H2,(H,20,21). The lowest BCUT2D eigenvalue weighted by atomic mass is 9.84. The summed E-state index contributed by atoms with van der Waals surface area (Å²) in [5, 5.41) is 10.8. The number of hydrogen-bond acceptors (Lipinski definition) is 2. The van der Waals surface area contributed by atoms with Crippen LogP contribution in [0.3, 0.4) is 0 Å². The Kier molecular flexibility index (Phi) is 4.43. The molecule has 1 aliphatic heterocycles. The van der Waals surface area contributed by atoms with Gasteiger partial charge in [0.15, 0.2) is 0 Å². The molecule has 3 atom stereocenters. The van der Waals surface area contributed by atoms with Crippen LogP contribution in [0.5, 0.6) is 0 Å². The van der Waals surface area contributed by atoms with Gasteiger partial charge in [0.25, 0.3) is 0 Å². The summed E-state index contributed by atoms with van der Waals surface area (Å²) < 4.78 is 0. The number of carbonyl (C=O) groups is 1. The molecular weight excluding hydrogens is 309 g/mol. The molecule has 0 amide bonds. The van der Waals surface area contributed by atoms with Crippen LogP contribution >= 0.6 is 23.2 Å². The summed E-state index contributed by atoms with van der Waals surface area (Å²) in [5.41, 5.74) is 0.846. The van der Waals surface area contributed by atoms with Crippen molar-refractivity contribution in [2.75, 3.05) is 0 Å². The van der Waals surface area contributed by atoms with E-state index in [9.17, 15) is 9.90 Å². The van der Waals surface area contributed by atoms with Crippen LogP contribution in [0.25, 0.3) is 0 Å². The Morgan fingerprint density at radius 3 is 2.57 bits per heavy atom. The molecular formula is C16H19Cl2NO2. The predicted octanol–water partition coefficient (Wildman–Crippen LogP) is 4.21. The summed E-state index contributed by atoms with van der Waals surface area (Å²) in [6.07, 6.45) is 5.37. The number of rotatable bonds is 3. The highest BCUT2D eigenvalue weighted by Crippen LogP contribution is 2.41. The molecule has 1 aliphatic carbocycles. The summed E-state index contributed by atoms with van der Waals surface area (Å²) in [6, 6.07) is 5.38. The minimum Gasteiger partial charge on any atom is -0.480 e. The van der Waals surface area contributed by atoms with E-state index in [1.54, 1.807) is 0 Å². The fraction of sp³-hybridized carbons (Fsp3) is 0.562. The number of benzene rings is 1. The van der Waals surface area contributed by atoms with Crippen molar-refractivity contribution in [2.24, 2.45) is 5.92 Å². The van der Waals surface area contributed by atoms with Crippen molar-refractivity contribution in [3.8, 4) is 0 Å². The van der Waals surface area contributed by atoms with E-state index in [-0.39, 0.29) is 0 Å². The van der Waals surface area contributed by atoms with Crippen molar-refractivity contribution >= 4 is 29.2 Å². The lowest BCUT2D eigenvalue weighted by Gasteiger charge is -2.33. The molecule has 5 heteroatoms. The number of hydrogen-bond donors (Lipinski definition) is 1. The molecule has 1 aromatic rings. The van der Waals surface area contributed by atoms with E-state index in [0.29, 0.717) is 28.5 Å². The quantitative estimate of drug-likeness (QED) is 0.903. The number of nitrogens with zero attached hydrogens (tertiary/aromatic N) is 1. The summed E-state index contributed by atoms with van der Waals surface area (Å²) in [4.78, 5) is 13.7. The Morgan fingerprint density at radius 1 is 1.24 bits per heavy atom. The highest BCUT2D eigenvalue weighted by atomic mass is 35.5. The minimum absolute atomic E-state index is 0.354. The van der Waals surface area contributed by atoms with Crippen molar-refractivity contribution in [1.29, 1.82) is 0 Å². The summed E-state index contributed by atoms with van der Waals surface area (Å²) in [5.74, 6) is -0.228. The first-order valence-corrected chi connectivity index (χ1v) is 8.25. The first-order valence-electron chi connectivity index (χ1n) is 7.49. The van der Waals surface area contributed by atoms with Gasteiger partial charge in [-0.25, -0.2) is 0 Å². The van der Waals surface area contributed by atoms with E-state index in [1.807, 2.05) is 18.2 Å². The second kappa shape index (κ2) is 6.15. The third-order valence-corrected chi connectivity index (χ3v) is 5.62. The van der Waals surface area contributed by atoms with E-state index in [2.05, 4.69) is 4.90 Å². The zero-order valence-corrected chi connectivity index (χ0v) is 13.3. The molecule has 114 valence electrons. The summed E-state index contributed by atoms with van der Waals surface area (Å²) in [6.45, 7) is 0.524. The molecule has 3 rings (SSSR count). The lowest BCUT2D eigenvalue weighted by Crippen LogP contribution is -2.41. The zero-order valence-electron chi connectivity index (χ0n) is 11.8. The monoisotopic (exact) mass is 327 g/mol. The molecule has 2 aliphatic rings. The van der Waals surface area contributed by atoms with Crippen LogP contribution in [-0.2, 0) is 11.3 Å². The Labute approximate surface area is 134 Å². The van der Waals surface area contributed by atoms with Gasteiger partial charge in [0.1, 0.15) is 6.04 Å². The van der Waals surface area contributed by atoms with Crippen molar-refractivity contribution < 1.29 is 9.90 Å². The molecule has 1 saturated carbocycles. The number of carboxylic acid groups (broad SMARTS) is 1. The van der Waals surface area contributed by atoms with E-state index < -0.39 is 12.0 Å². The van der Waals surface area contributed by atoms with Crippen LogP contribution in [-0.4, -0.2) is 28.1 Å². The number of likely N-dealkylation sites (tertiary alicyclic amines) is 1. The van der Waals surface area contributed by atoms with Crippen LogP contribution < -0.4 is 0 Å². The van der Waals surface area contributed by atoms with Gasteiger partial charge >= 0.3 is 5.97 Å². The highest BCUT2D eigenvalue weighted by molar-refractivity contribution is 6.35. The lowest BCUT2D eigenvalue weighted by molar-refractivity contribution is -0.142. The maximum atomic E-state index is 11.6. The van der Waals surface area contributed by atoms with Crippen LogP contribution in [0.1, 0.15) is 37.7 Å². The Balaban J connectivity index is 1.88. The maximum absolute atomic E-state index is 11.6. The summed E-state index contributed by atoms with van der Waals surface area (Å²) in [7, 11) is 0. The first kappa shape index (κ1) is 15.1. The van der Waals surface area contributed by atoms with Gasteiger partial charge < -0.3 is 5.11 Å². The molecule has 21 heavy (non-hydrogen) atoms. The molecule has 1 aromatic carbocycles. The predicted molar refractivity (Wildman–Crippen MR) is 83.8 cm³/mol. The van der Waals surface area contributed by atoms with Gasteiger partial charge in [0.05, 0.1) is 0 Å². The fourth-order valence-electron chi connectivity index (χ4n) is 3.89. The minimum atomic E-state index is -0.729. The van der Waals surface area contributed by atoms with Gasteiger partial charge in [0, 0.05) is 28.2 Å². The molecule has 0 spiro atoms. The molecule has 0 bridgehead atoms. The van der Waals surface area contributed by atoms with E-state index in [1.165, 1.54) is 12.8 Å². The topological polar surface area (TPSA) is 40.5 Å². The second-order valence-electron chi connectivity index (χ2n) is 6.07. The smallest absolute Gasteiger partial charge is 0.320 e. The first-order chi connectivity index (χ1) is 10.1. The van der Waals surface area contributed by atoms with Gasteiger partial charge in [-0.1, -0.05) is 42.1 Å². The van der Waals surface area contributed by atoms with Gasteiger partial charge in [-0.3, -0.25) is 9.69 Å². The normalized spacial score (nSPS) is 29.3. The Morgan fingerprint density at radius 2 is 1.90 bits per heavy atom. The van der Waals surface area contributed by atoms with Crippen LogP contribution in [0.2, 0.25) is 10.0 Å². The fourth-order valence-corrected chi connectivity index (χ4v) is 4.41. The van der Waals surface area contributed by atoms with Gasteiger partial charge in [-0.05, 0) is 37.3 Å². The maximum Gasteiger partial charge on any atom is 0.320 e. The molecule has 0 radical (unpaired) electrons. The van der Waals surface area contributed by atoms with Crippen molar-refractivity contribution in [1.82, 2.24) is 4.90 Å². The van der Waals surface area contributed by atoms with E-state index >= 15 is 0 Å². The number of carboxylic acids is 1. The zero-order chi connectivity index (χ0) is 15.0. The number of aliphatic carboxylic acids is 1. The molecule has 3 nitrogen and oxygen atoms in total. The SMILES string of the molecule is O=C(O)C1CC2CCCCC2N1Cc1c(Cl)cccc1Cl. The Hall–Kier alpha value is -0.770. The number of fused-ring (bicyclic) bond motifs is 1. The van der Waals surface area contributed by atoms with Gasteiger partial charge in [-0.15, -0.1) is 0 Å². The average molecular weight is 328 g/mol. The average Bonchev–Trinajstić information content (AvgIpc) is 2.82. The number of halogens is 2. The molecule has 0 aromatic heterocycles. The van der Waals surface area contributed by atoms with Crippen molar-refractivity contribution in [2.45, 2.75) is 50.7 Å². The second-order valence-corrected chi connectivity index (χ2v) is 6.89. The largest absolute Gasteiger partial charge is 0.480 e. The van der Waals surface area contributed by atoms with Gasteiger partial charge in [-0.2, -0.15) is 0 Å². The van der Waals surface area contributed by atoms with E-state index in [0.717, 1.165) is 24.8 Å². The molecule has 1 heterocycles. The summed E-state index contributed by atoms with van der Waals surface area (Å²) >= 11 is 12.5. The van der Waals surface area contributed by atoms with Crippen LogP contribution in [0, 0.1) is 5.92 Å². The molecule has 2 fully saturated rings. The third-order valence-electron chi connectivity index (χ3n) is 4.91. The molecule has 1 saturated heterocycles. The third kappa shape index (κ3) is 2.92. The van der Waals surface area contributed by atoms with Crippen LogP contribution in [0.4, 0.5) is 0 Å². The molecule has 1 N–H and O–H groups in total. The van der Waals surface area contributed by atoms with E-state index in [4.69, 9.17) is 23.2 Å². The van der Waals surface area contributed by atoms with Crippen molar-refractivity contribution in [3.63, 3.8) is 0 Å². The van der Waals surface area contributed by atoms with Crippen molar-refractivity contribution in [3.05, 3.63) is 33.8 Å². The van der Waals surface area contributed by atoms with Gasteiger partial charge in [0.2, 0.25) is 0 Å². The Bertz CT molecular complexity index is 529. The molecule has 3 unspecified atom stereocenters. The van der Waals surface area contributed by atoms with Crippen LogP contribution in [0.15, 0.2) is 18.2 Å².